The van der Waals surface area contributed by atoms with E-state index in [0.29, 0.717) is 6.04 Å². The van der Waals surface area contributed by atoms with E-state index in [0.717, 1.165) is 30.5 Å². The van der Waals surface area contributed by atoms with Gasteiger partial charge in [0.1, 0.15) is 12.9 Å². The van der Waals surface area contributed by atoms with E-state index in [1.807, 2.05) is 12.1 Å². The van der Waals surface area contributed by atoms with E-state index >= 15 is 0 Å². The zero-order valence-electron chi connectivity index (χ0n) is 13.9. The molecule has 2 bridgehead atoms. The van der Waals surface area contributed by atoms with Crippen LogP contribution in [0.1, 0.15) is 37.7 Å². The van der Waals surface area contributed by atoms with Gasteiger partial charge in [-0.05, 0) is 49.9 Å². The first kappa shape index (κ1) is 16.4. The SMILES string of the molecule is CCC(=NOC)[C@@H]1[C@H]2C(O)CC(C[C@H]1c1ccc(F)cc1)N2C. The van der Waals surface area contributed by atoms with Crippen molar-refractivity contribution in [2.45, 2.75) is 50.3 Å². The minimum atomic E-state index is -0.353. The van der Waals surface area contributed by atoms with Crippen LogP contribution >= 0.6 is 0 Å². The first-order valence-corrected chi connectivity index (χ1v) is 8.32. The van der Waals surface area contributed by atoms with Gasteiger partial charge in [0.25, 0.3) is 0 Å². The molecule has 126 valence electrons. The monoisotopic (exact) mass is 320 g/mol. The fourth-order valence-electron chi connectivity index (χ4n) is 4.49. The quantitative estimate of drug-likeness (QED) is 0.685. The Kier molecular flexibility index (Phi) is 4.69. The van der Waals surface area contributed by atoms with E-state index in [9.17, 15) is 9.50 Å². The summed E-state index contributed by atoms with van der Waals surface area (Å²) in [6.07, 6.45) is 2.16. The Morgan fingerprint density at radius 3 is 2.65 bits per heavy atom. The van der Waals surface area contributed by atoms with E-state index in [2.05, 4.69) is 24.0 Å². The summed E-state index contributed by atoms with van der Waals surface area (Å²) in [5.41, 5.74) is 2.09. The zero-order chi connectivity index (χ0) is 16.6. The van der Waals surface area contributed by atoms with Crippen LogP contribution in [0.15, 0.2) is 29.4 Å². The molecule has 4 nitrogen and oxygen atoms in total. The molecule has 3 rings (SSSR count). The molecule has 2 unspecified atom stereocenters. The molecule has 0 saturated carbocycles. The Bertz CT molecular complexity index is 575. The average molecular weight is 320 g/mol. The second kappa shape index (κ2) is 6.57. The summed E-state index contributed by atoms with van der Waals surface area (Å²) in [7, 11) is 3.64. The molecule has 2 aliphatic heterocycles. The minimum Gasteiger partial charge on any atom is -0.399 e. The fraction of sp³-hybridized carbons (Fsp3) is 0.611. The number of hydrogen-bond donors (Lipinski definition) is 1. The van der Waals surface area contributed by atoms with Crippen LogP contribution in [0.3, 0.4) is 0 Å². The number of benzene rings is 1. The Labute approximate surface area is 136 Å². The number of fused-ring (bicyclic) bond motifs is 2. The van der Waals surface area contributed by atoms with Gasteiger partial charge in [-0.2, -0.15) is 0 Å². The van der Waals surface area contributed by atoms with Gasteiger partial charge in [0.2, 0.25) is 0 Å². The van der Waals surface area contributed by atoms with Crippen LogP contribution in [0.5, 0.6) is 0 Å². The van der Waals surface area contributed by atoms with E-state index in [1.165, 1.54) is 12.1 Å². The van der Waals surface area contributed by atoms with Crippen LogP contribution in [0, 0.1) is 11.7 Å². The van der Waals surface area contributed by atoms with Crippen molar-refractivity contribution in [3.05, 3.63) is 35.6 Å². The number of likely N-dealkylation sites (N-methyl/N-ethyl adjacent to an activating group) is 1. The van der Waals surface area contributed by atoms with Gasteiger partial charge in [-0.1, -0.05) is 24.2 Å². The Balaban J connectivity index is 2.02. The summed E-state index contributed by atoms with van der Waals surface area (Å²) in [5, 5.41) is 14.8. The van der Waals surface area contributed by atoms with Crippen molar-refractivity contribution in [1.82, 2.24) is 4.90 Å². The van der Waals surface area contributed by atoms with E-state index in [-0.39, 0.29) is 29.8 Å². The third kappa shape index (κ3) is 2.88. The number of nitrogens with zero attached hydrogens (tertiary/aromatic N) is 2. The summed E-state index contributed by atoms with van der Waals surface area (Å²) in [6, 6.07) is 7.17. The number of aliphatic hydroxyl groups excluding tert-OH is 1. The lowest BCUT2D eigenvalue weighted by Gasteiger charge is -2.43. The molecule has 2 saturated heterocycles. The van der Waals surface area contributed by atoms with Crippen molar-refractivity contribution in [3.8, 4) is 0 Å². The summed E-state index contributed by atoms with van der Waals surface area (Å²) >= 11 is 0. The summed E-state index contributed by atoms with van der Waals surface area (Å²) in [4.78, 5) is 7.34. The van der Waals surface area contributed by atoms with Crippen molar-refractivity contribution in [2.24, 2.45) is 11.1 Å². The number of piperidine rings is 1. The summed E-state index contributed by atoms with van der Waals surface area (Å²) in [6.45, 7) is 2.06. The van der Waals surface area contributed by atoms with Gasteiger partial charge in [-0.25, -0.2) is 4.39 Å². The number of aliphatic hydroxyl groups is 1. The number of oxime groups is 1. The molecular formula is C18H25FN2O2. The lowest BCUT2D eigenvalue weighted by Crippen LogP contribution is -2.51. The van der Waals surface area contributed by atoms with Crippen LogP contribution in [0.4, 0.5) is 4.39 Å². The Morgan fingerprint density at radius 2 is 2.04 bits per heavy atom. The molecule has 0 aliphatic carbocycles. The van der Waals surface area contributed by atoms with Crippen molar-refractivity contribution < 1.29 is 14.3 Å². The maximum Gasteiger partial charge on any atom is 0.123 e. The smallest absolute Gasteiger partial charge is 0.123 e. The predicted octanol–water partition coefficient (Wildman–Crippen LogP) is 2.78. The van der Waals surface area contributed by atoms with E-state index < -0.39 is 0 Å². The van der Waals surface area contributed by atoms with Gasteiger partial charge in [0.15, 0.2) is 0 Å². The van der Waals surface area contributed by atoms with E-state index in [1.54, 1.807) is 7.11 Å². The van der Waals surface area contributed by atoms with Gasteiger partial charge in [-0.15, -0.1) is 0 Å². The lowest BCUT2D eigenvalue weighted by atomic mass is 9.73. The molecule has 2 heterocycles. The topological polar surface area (TPSA) is 45.1 Å². The molecule has 2 aliphatic rings. The van der Waals surface area contributed by atoms with Crippen molar-refractivity contribution in [3.63, 3.8) is 0 Å². The standard InChI is InChI=1S/C18H25FN2O2/c1-4-15(20-23-3)17-14(11-5-7-12(19)8-6-11)9-13-10-16(22)18(17)21(13)2/h5-8,13-14,16-18,22H,4,9-10H2,1-3H3/t13?,14-,16?,17+,18+/m0/s1. The molecule has 0 spiro atoms. The predicted molar refractivity (Wildman–Crippen MR) is 87.9 cm³/mol. The Morgan fingerprint density at radius 1 is 1.35 bits per heavy atom. The molecule has 1 aromatic carbocycles. The van der Waals surface area contributed by atoms with Crippen LogP contribution in [0.25, 0.3) is 0 Å². The molecule has 2 fully saturated rings. The second-order valence-electron chi connectivity index (χ2n) is 6.65. The van der Waals surface area contributed by atoms with Gasteiger partial charge in [0.05, 0.1) is 11.8 Å². The molecule has 1 aromatic rings. The molecule has 5 atom stereocenters. The molecule has 0 radical (unpaired) electrons. The maximum absolute atomic E-state index is 13.3. The number of hydrogen-bond acceptors (Lipinski definition) is 4. The highest BCUT2D eigenvalue weighted by molar-refractivity contribution is 5.88. The summed E-state index contributed by atoms with van der Waals surface area (Å²) in [5.74, 6) is 0.0967. The number of halogens is 1. The second-order valence-corrected chi connectivity index (χ2v) is 6.65. The van der Waals surface area contributed by atoms with Crippen LogP contribution in [-0.2, 0) is 4.84 Å². The van der Waals surface area contributed by atoms with Gasteiger partial charge < -0.3 is 9.94 Å². The van der Waals surface area contributed by atoms with Crippen molar-refractivity contribution >= 4 is 5.71 Å². The van der Waals surface area contributed by atoms with Gasteiger partial charge in [0, 0.05) is 18.0 Å². The third-order valence-corrected chi connectivity index (χ3v) is 5.54. The van der Waals surface area contributed by atoms with Crippen molar-refractivity contribution in [1.29, 1.82) is 0 Å². The van der Waals surface area contributed by atoms with Gasteiger partial charge >= 0.3 is 0 Å². The Hall–Kier alpha value is -1.46. The maximum atomic E-state index is 13.3. The lowest BCUT2D eigenvalue weighted by molar-refractivity contribution is 0.0694. The van der Waals surface area contributed by atoms with Gasteiger partial charge in [-0.3, -0.25) is 4.90 Å². The molecule has 23 heavy (non-hydrogen) atoms. The highest BCUT2D eigenvalue weighted by atomic mass is 19.1. The summed E-state index contributed by atoms with van der Waals surface area (Å²) < 4.78 is 13.3. The normalized spacial score (nSPS) is 34.7. The zero-order valence-corrected chi connectivity index (χ0v) is 13.9. The van der Waals surface area contributed by atoms with Crippen LogP contribution < -0.4 is 0 Å². The average Bonchev–Trinajstić information content (AvgIpc) is 2.72. The first-order chi connectivity index (χ1) is 11.1. The van der Waals surface area contributed by atoms with Crippen LogP contribution in [-0.4, -0.2) is 48.1 Å². The molecule has 1 N–H and O–H groups in total. The van der Waals surface area contributed by atoms with Crippen LogP contribution in [0.2, 0.25) is 0 Å². The molecule has 0 amide bonds. The molecule has 0 aromatic heterocycles. The van der Waals surface area contributed by atoms with E-state index in [4.69, 9.17) is 4.84 Å². The first-order valence-electron chi connectivity index (χ1n) is 8.32. The number of rotatable bonds is 4. The highest BCUT2D eigenvalue weighted by Gasteiger charge is 2.52. The minimum absolute atomic E-state index is 0.0395. The third-order valence-electron chi connectivity index (χ3n) is 5.54. The molecule has 5 heteroatoms. The fourth-order valence-corrected chi connectivity index (χ4v) is 4.49. The van der Waals surface area contributed by atoms with Crippen molar-refractivity contribution in [2.75, 3.05) is 14.2 Å². The largest absolute Gasteiger partial charge is 0.399 e. The highest BCUT2D eigenvalue weighted by Crippen LogP contribution is 2.47. The molecular weight excluding hydrogens is 295 g/mol.